The van der Waals surface area contributed by atoms with Gasteiger partial charge in [0, 0.05) is 43.5 Å². The summed E-state index contributed by atoms with van der Waals surface area (Å²) in [5, 5.41) is 1.06. The summed E-state index contributed by atoms with van der Waals surface area (Å²) in [6, 6.07) is 2.85. The third-order valence-electron chi connectivity index (χ3n) is 7.29. The molecule has 29 heavy (non-hydrogen) atoms. The molecule has 2 aliphatic heterocycles. The van der Waals surface area contributed by atoms with Crippen molar-refractivity contribution in [2.45, 2.75) is 90.8 Å². The minimum absolute atomic E-state index is 0.344. The summed E-state index contributed by atoms with van der Waals surface area (Å²) in [5.74, 6) is 1.82. The average molecular weight is 419 g/mol. The number of ether oxygens (including phenoxy) is 1. The Hall–Kier alpha value is -1.07. The van der Waals surface area contributed by atoms with E-state index in [1.54, 1.807) is 0 Å². The highest BCUT2D eigenvalue weighted by atomic mass is 32.1. The van der Waals surface area contributed by atoms with Crippen molar-refractivity contribution in [3.8, 4) is 5.06 Å². The normalized spacial score (nSPS) is 26.6. The SMILES string of the molecule is CC1CCC(CC(=O)N2CCc3sc(OC4CCN(C(C)C)CC4)cc3C2)CC1. The number of nitrogens with zero attached hydrogens (tertiary/aromatic N) is 2. The summed E-state index contributed by atoms with van der Waals surface area (Å²) < 4.78 is 6.35. The van der Waals surface area contributed by atoms with Gasteiger partial charge in [-0.15, -0.1) is 11.3 Å². The molecule has 1 aliphatic carbocycles. The van der Waals surface area contributed by atoms with E-state index in [2.05, 4.69) is 36.6 Å². The number of carbonyl (C=O) groups is 1. The zero-order valence-electron chi connectivity index (χ0n) is 18.5. The van der Waals surface area contributed by atoms with Gasteiger partial charge in [0.1, 0.15) is 6.10 Å². The van der Waals surface area contributed by atoms with Crippen LogP contribution in [0, 0.1) is 11.8 Å². The molecule has 2 fully saturated rings. The van der Waals surface area contributed by atoms with Crippen LogP contribution in [0.15, 0.2) is 6.07 Å². The fourth-order valence-corrected chi connectivity index (χ4v) is 6.24. The lowest BCUT2D eigenvalue weighted by atomic mass is 9.81. The maximum atomic E-state index is 12.9. The molecule has 0 aromatic carbocycles. The summed E-state index contributed by atoms with van der Waals surface area (Å²) in [5.41, 5.74) is 1.32. The van der Waals surface area contributed by atoms with E-state index in [0.29, 0.717) is 24.0 Å². The third-order valence-corrected chi connectivity index (χ3v) is 8.41. The lowest BCUT2D eigenvalue weighted by molar-refractivity contribution is -0.133. The second-order valence-electron chi connectivity index (χ2n) is 9.86. The molecule has 0 bridgehead atoms. The van der Waals surface area contributed by atoms with Crippen LogP contribution in [0.2, 0.25) is 0 Å². The van der Waals surface area contributed by atoms with Gasteiger partial charge < -0.3 is 14.5 Å². The number of amides is 1. The number of rotatable bonds is 5. The van der Waals surface area contributed by atoms with Crippen LogP contribution in [0.1, 0.15) is 76.2 Å². The summed E-state index contributed by atoms with van der Waals surface area (Å²) in [6.07, 6.45) is 9.38. The van der Waals surface area contributed by atoms with Crippen molar-refractivity contribution in [1.29, 1.82) is 0 Å². The van der Waals surface area contributed by atoms with Crippen LogP contribution < -0.4 is 4.74 Å². The van der Waals surface area contributed by atoms with Gasteiger partial charge in [-0.3, -0.25) is 4.79 Å². The molecular weight excluding hydrogens is 380 g/mol. The lowest BCUT2D eigenvalue weighted by Gasteiger charge is -2.34. The first-order chi connectivity index (χ1) is 14.0. The Labute approximate surface area is 180 Å². The molecule has 0 spiro atoms. The van der Waals surface area contributed by atoms with E-state index >= 15 is 0 Å². The van der Waals surface area contributed by atoms with Gasteiger partial charge in [-0.05, 0) is 69.4 Å². The third kappa shape index (κ3) is 5.35. The predicted octanol–water partition coefficient (Wildman–Crippen LogP) is 5.10. The molecular formula is C24H38N2O2S. The van der Waals surface area contributed by atoms with Crippen molar-refractivity contribution in [1.82, 2.24) is 9.80 Å². The zero-order valence-corrected chi connectivity index (χ0v) is 19.3. The van der Waals surface area contributed by atoms with E-state index in [1.807, 2.05) is 11.3 Å². The molecule has 3 heterocycles. The van der Waals surface area contributed by atoms with E-state index < -0.39 is 0 Å². The van der Waals surface area contributed by atoms with Crippen molar-refractivity contribution in [3.63, 3.8) is 0 Å². The van der Waals surface area contributed by atoms with E-state index in [1.165, 1.54) is 36.1 Å². The molecule has 162 valence electrons. The smallest absolute Gasteiger partial charge is 0.223 e. The van der Waals surface area contributed by atoms with Gasteiger partial charge in [-0.2, -0.15) is 0 Å². The highest BCUT2D eigenvalue weighted by Gasteiger charge is 2.28. The van der Waals surface area contributed by atoms with Gasteiger partial charge in [0.25, 0.3) is 0 Å². The summed E-state index contributed by atoms with van der Waals surface area (Å²) >= 11 is 1.81. The Morgan fingerprint density at radius 3 is 2.55 bits per heavy atom. The molecule has 0 radical (unpaired) electrons. The van der Waals surface area contributed by atoms with Crippen LogP contribution in [0.5, 0.6) is 5.06 Å². The quantitative estimate of drug-likeness (QED) is 0.667. The molecule has 1 saturated heterocycles. The number of carbonyl (C=O) groups excluding carboxylic acids is 1. The second-order valence-corrected chi connectivity index (χ2v) is 11.0. The van der Waals surface area contributed by atoms with Crippen molar-refractivity contribution in [2.24, 2.45) is 11.8 Å². The van der Waals surface area contributed by atoms with Crippen LogP contribution in [-0.2, 0) is 17.8 Å². The molecule has 4 rings (SSSR count). The number of fused-ring (bicyclic) bond motifs is 1. The van der Waals surface area contributed by atoms with Crippen LogP contribution in [-0.4, -0.2) is 47.5 Å². The van der Waals surface area contributed by atoms with Gasteiger partial charge >= 0.3 is 0 Å². The Balaban J connectivity index is 1.28. The molecule has 0 N–H and O–H groups in total. The van der Waals surface area contributed by atoms with Crippen LogP contribution in [0.3, 0.4) is 0 Å². The van der Waals surface area contributed by atoms with Crippen molar-refractivity contribution in [3.05, 3.63) is 16.5 Å². The Morgan fingerprint density at radius 1 is 1.14 bits per heavy atom. The predicted molar refractivity (Wildman–Crippen MR) is 120 cm³/mol. The average Bonchev–Trinajstić information content (AvgIpc) is 3.11. The highest BCUT2D eigenvalue weighted by Crippen LogP contribution is 2.36. The standard InChI is InChI=1S/C24H38N2O2S/c1-17(2)25-11-8-21(9-12-25)28-24-15-20-16-26(13-10-22(20)29-24)23(27)14-19-6-4-18(3)5-7-19/h15,17-19,21H,4-14,16H2,1-3H3. The topological polar surface area (TPSA) is 32.8 Å². The largest absolute Gasteiger partial charge is 0.481 e. The van der Waals surface area contributed by atoms with E-state index in [0.717, 1.165) is 62.8 Å². The zero-order chi connectivity index (χ0) is 20.4. The molecule has 1 amide bonds. The van der Waals surface area contributed by atoms with Gasteiger partial charge in [0.05, 0.1) is 0 Å². The monoisotopic (exact) mass is 418 g/mol. The van der Waals surface area contributed by atoms with Crippen molar-refractivity contribution < 1.29 is 9.53 Å². The minimum atomic E-state index is 0.344. The van der Waals surface area contributed by atoms with E-state index in [9.17, 15) is 4.79 Å². The minimum Gasteiger partial charge on any atom is -0.481 e. The van der Waals surface area contributed by atoms with E-state index in [4.69, 9.17) is 4.74 Å². The number of piperidine rings is 1. The van der Waals surface area contributed by atoms with Crippen LogP contribution in [0.25, 0.3) is 0 Å². The molecule has 0 atom stereocenters. The summed E-state index contributed by atoms with van der Waals surface area (Å²) in [7, 11) is 0. The fourth-order valence-electron chi connectivity index (χ4n) is 5.16. The molecule has 5 heteroatoms. The first-order valence-electron chi connectivity index (χ1n) is 11.8. The Morgan fingerprint density at radius 2 is 1.86 bits per heavy atom. The molecule has 0 unspecified atom stereocenters. The molecule has 3 aliphatic rings. The van der Waals surface area contributed by atoms with Gasteiger partial charge in [0.15, 0.2) is 5.06 Å². The fraction of sp³-hybridized carbons (Fsp3) is 0.792. The number of hydrogen-bond acceptors (Lipinski definition) is 4. The summed E-state index contributed by atoms with van der Waals surface area (Å²) in [6.45, 7) is 10.8. The van der Waals surface area contributed by atoms with Crippen molar-refractivity contribution in [2.75, 3.05) is 19.6 Å². The van der Waals surface area contributed by atoms with E-state index in [-0.39, 0.29) is 0 Å². The molecule has 1 aromatic heterocycles. The maximum Gasteiger partial charge on any atom is 0.223 e. The van der Waals surface area contributed by atoms with Crippen molar-refractivity contribution >= 4 is 17.2 Å². The first kappa shape index (κ1) is 21.2. The second kappa shape index (κ2) is 9.38. The van der Waals surface area contributed by atoms with Crippen LogP contribution in [0.4, 0.5) is 0 Å². The summed E-state index contributed by atoms with van der Waals surface area (Å²) in [4.78, 5) is 18.9. The number of thiophene rings is 1. The lowest BCUT2D eigenvalue weighted by Crippen LogP contribution is -2.41. The molecule has 4 nitrogen and oxygen atoms in total. The molecule has 1 aromatic rings. The van der Waals surface area contributed by atoms with Gasteiger partial charge in [-0.1, -0.05) is 19.8 Å². The first-order valence-corrected chi connectivity index (χ1v) is 12.6. The maximum absolute atomic E-state index is 12.9. The highest BCUT2D eigenvalue weighted by molar-refractivity contribution is 7.14. The van der Waals surface area contributed by atoms with Crippen LogP contribution >= 0.6 is 11.3 Å². The molecule has 1 saturated carbocycles. The number of hydrogen-bond donors (Lipinski definition) is 0. The van der Waals surface area contributed by atoms with Gasteiger partial charge in [0.2, 0.25) is 5.91 Å². The Kier molecular flexibility index (Phi) is 6.85. The Bertz CT molecular complexity index is 685. The van der Waals surface area contributed by atoms with Gasteiger partial charge in [-0.25, -0.2) is 0 Å². The number of likely N-dealkylation sites (tertiary alicyclic amines) is 1.